The van der Waals surface area contributed by atoms with Gasteiger partial charge in [-0.05, 0) is 56.4 Å². The highest BCUT2D eigenvalue weighted by Gasteiger charge is 2.25. The molecule has 2 aliphatic rings. The fourth-order valence-electron chi connectivity index (χ4n) is 3.41. The zero-order chi connectivity index (χ0) is 17.1. The minimum absolute atomic E-state index is 0.143. The largest absolute Gasteiger partial charge is 0.355 e. The van der Waals surface area contributed by atoms with Crippen molar-refractivity contribution in [2.75, 3.05) is 23.3 Å². The van der Waals surface area contributed by atoms with Crippen LogP contribution in [0.1, 0.15) is 38.5 Å². The van der Waals surface area contributed by atoms with E-state index in [4.69, 9.17) is 0 Å². The number of hydrogen-bond donors (Lipinski definition) is 1. The summed E-state index contributed by atoms with van der Waals surface area (Å²) in [4.78, 5) is 14.3. The number of hydrogen-bond acceptors (Lipinski definition) is 4. The van der Waals surface area contributed by atoms with Crippen LogP contribution in [0.5, 0.6) is 0 Å². The van der Waals surface area contributed by atoms with E-state index in [1.54, 1.807) is 0 Å². The molecule has 5 heteroatoms. The first-order valence-corrected chi connectivity index (χ1v) is 9.29. The zero-order valence-electron chi connectivity index (χ0n) is 14.4. The summed E-state index contributed by atoms with van der Waals surface area (Å²) >= 11 is 0. The highest BCUT2D eigenvalue weighted by Crippen LogP contribution is 2.28. The highest BCUT2D eigenvalue weighted by atomic mass is 16.1. The molecule has 1 aromatic heterocycles. The Kier molecular flexibility index (Phi) is 4.63. The molecular formula is C20H24N4O. The van der Waals surface area contributed by atoms with Crippen molar-refractivity contribution in [3.05, 3.63) is 36.4 Å². The Labute approximate surface area is 148 Å². The number of piperidine rings is 1. The molecular weight excluding hydrogens is 312 g/mol. The van der Waals surface area contributed by atoms with E-state index in [1.807, 2.05) is 30.3 Å². The van der Waals surface area contributed by atoms with Crippen molar-refractivity contribution in [1.29, 1.82) is 0 Å². The summed E-state index contributed by atoms with van der Waals surface area (Å²) < 4.78 is 0. The van der Waals surface area contributed by atoms with Crippen molar-refractivity contribution in [3.8, 4) is 11.3 Å². The molecule has 0 bridgehead atoms. The van der Waals surface area contributed by atoms with Crippen LogP contribution in [0.15, 0.2) is 36.4 Å². The summed E-state index contributed by atoms with van der Waals surface area (Å²) in [6.07, 6.45) is 6.98. The van der Waals surface area contributed by atoms with E-state index >= 15 is 0 Å². The van der Waals surface area contributed by atoms with Gasteiger partial charge in [-0.1, -0.05) is 18.6 Å². The molecule has 0 spiro atoms. The summed E-state index contributed by atoms with van der Waals surface area (Å²) in [6.45, 7) is 2.15. The Morgan fingerprint density at radius 1 is 0.920 bits per heavy atom. The van der Waals surface area contributed by atoms with E-state index in [0.29, 0.717) is 0 Å². The molecule has 2 aromatic rings. The number of anilines is 2. The minimum atomic E-state index is 0.143. The first-order valence-electron chi connectivity index (χ1n) is 9.29. The van der Waals surface area contributed by atoms with E-state index in [-0.39, 0.29) is 11.8 Å². The first-order chi connectivity index (χ1) is 12.3. The standard InChI is InChI=1S/C20H24N4O/c25-20(16-5-4-6-16)21-17-9-7-15(8-10-17)18-11-12-19(23-22-18)24-13-2-1-3-14-24/h7-12,16H,1-6,13-14H2,(H,21,25). The molecule has 1 aliphatic carbocycles. The van der Waals surface area contributed by atoms with Gasteiger partial charge in [0.1, 0.15) is 0 Å². The lowest BCUT2D eigenvalue weighted by Gasteiger charge is -2.27. The van der Waals surface area contributed by atoms with Gasteiger partial charge in [0.15, 0.2) is 5.82 Å². The molecule has 130 valence electrons. The Bertz CT molecular complexity index is 716. The lowest BCUT2D eigenvalue weighted by molar-refractivity contribution is -0.122. The van der Waals surface area contributed by atoms with Crippen molar-refractivity contribution in [2.45, 2.75) is 38.5 Å². The molecule has 1 saturated carbocycles. The van der Waals surface area contributed by atoms with Gasteiger partial charge in [0.25, 0.3) is 0 Å². The second-order valence-corrected chi connectivity index (χ2v) is 7.02. The molecule has 4 rings (SSSR count). The van der Waals surface area contributed by atoms with Crippen molar-refractivity contribution in [1.82, 2.24) is 10.2 Å². The summed E-state index contributed by atoms with van der Waals surface area (Å²) in [5.74, 6) is 1.31. The van der Waals surface area contributed by atoms with Gasteiger partial charge < -0.3 is 10.2 Å². The third kappa shape index (κ3) is 3.65. The van der Waals surface area contributed by atoms with E-state index in [2.05, 4.69) is 26.5 Å². The van der Waals surface area contributed by atoms with Crippen LogP contribution in [0, 0.1) is 5.92 Å². The predicted octanol–water partition coefficient (Wildman–Crippen LogP) is 3.87. The summed E-state index contributed by atoms with van der Waals surface area (Å²) in [5.41, 5.74) is 2.72. The lowest BCUT2D eigenvalue weighted by atomic mass is 9.85. The van der Waals surface area contributed by atoms with Gasteiger partial charge in [-0.2, -0.15) is 0 Å². The van der Waals surface area contributed by atoms with E-state index in [0.717, 1.165) is 48.7 Å². The van der Waals surface area contributed by atoms with E-state index in [9.17, 15) is 4.79 Å². The van der Waals surface area contributed by atoms with Gasteiger partial charge in [-0.3, -0.25) is 4.79 Å². The Hall–Kier alpha value is -2.43. The number of amides is 1. The van der Waals surface area contributed by atoms with Crippen molar-refractivity contribution in [2.24, 2.45) is 5.92 Å². The van der Waals surface area contributed by atoms with Crippen LogP contribution >= 0.6 is 0 Å². The molecule has 0 unspecified atom stereocenters. The minimum Gasteiger partial charge on any atom is -0.355 e. The summed E-state index contributed by atoms with van der Waals surface area (Å²) in [6, 6.07) is 11.9. The van der Waals surface area contributed by atoms with Crippen LogP contribution in [0.4, 0.5) is 11.5 Å². The van der Waals surface area contributed by atoms with Crippen molar-refractivity contribution >= 4 is 17.4 Å². The molecule has 2 fully saturated rings. The van der Waals surface area contributed by atoms with Crippen LogP contribution < -0.4 is 10.2 Å². The third-order valence-corrected chi connectivity index (χ3v) is 5.25. The van der Waals surface area contributed by atoms with Gasteiger partial charge in [-0.15, -0.1) is 10.2 Å². The monoisotopic (exact) mass is 336 g/mol. The zero-order valence-corrected chi connectivity index (χ0v) is 14.4. The fourth-order valence-corrected chi connectivity index (χ4v) is 3.41. The van der Waals surface area contributed by atoms with Gasteiger partial charge >= 0.3 is 0 Å². The molecule has 1 aliphatic heterocycles. The second-order valence-electron chi connectivity index (χ2n) is 7.02. The number of rotatable bonds is 4. The number of carbonyl (C=O) groups is 1. The molecule has 5 nitrogen and oxygen atoms in total. The van der Waals surface area contributed by atoms with Gasteiger partial charge in [0.05, 0.1) is 5.69 Å². The van der Waals surface area contributed by atoms with E-state index < -0.39 is 0 Å². The normalized spacial score (nSPS) is 17.8. The van der Waals surface area contributed by atoms with Crippen LogP contribution in [0.2, 0.25) is 0 Å². The molecule has 25 heavy (non-hydrogen) atoms. The van der Waals surface area contributed by atoms with Crippen LogP contribution in [-0.4, -0.2) is 29.2 Å². The van der Waals surface area contributed by atoms with Crippen LogP contribution in [0.3, 0.4) is 0 Å². The smallest absolute Gasteiger partial charge is 0.227 e. The maximum Gasteiger partial charge on any atom is 0.227 e. The van der Waals surface area contributed by atoms with Crippen molar-refractivity contribution in [3.63, 3.8) is 0 Å². The van der Waals surface area contributed by atoms with Crippen LogP contribution in [-0.2, 0) is 4.79 Å². The second kappa shape index (κ2) is 7.21. The molecule has 1 saturated heterocycles. The fraction of sp³-hybridized carbons (Fsp3) is 0.450. The van der Waals surface area contributed by atoms with Crippen molar-refractivity contribution < 1.29 is 4.79 Å². The Balaban J connectivity index is 1.41. The number of carbonyl (C=O) groups excluding carboxylic acids is 1. The van der Waals surface area contributed by atoms with Crippen LogP contribution in [0.25, 0.3) is 11.3 Å². The van der Waals surface area contributed by atoms with Gasteiger partial charge in [-0.25, -0.2) is 0 Å². The summed E-state index contributed by atoms with van der Waals surface area (Å²) in [7, 11) is 0. The molecule has 1 N–H and O–H groups in total. The molecule has 0 radical (unpaired) electrons. The number of nitrogens with one attached hydrogen (secondary N) is 1. The number of benzene rings is 1. The van der Waals surface area contributed by atoms with E-state index in [1.165, 1.54) is 25.7 Å². The molecule has 0 atom stereocenters. The maximum absolute atomic E-state index is 12.0. The number of nitrogens with zero attached hydrogens (tertiary/aromatic N) is 3. The predicted molar refractivity (Wildman–Crippen MR) is 99.5 cm³/mol. The first kappa shape index (κ1) is 16.1. The SMILES string of the molecule is O=C(Nc1ccc(-c2ccc(N3CCCCC3)nn2)cc1)C1CCC1. The molecule has 1 aromatic carbocycles. The Morgan fingerprint density at radius 2 is 1.68 bits per heavy atom. The topological polar surface area (TPSA) is 58.1 Å². The Morgan fingerprint density at radius 3 is 2.28 bits per heavy atom. The molecule has 2 heterocycles. The molecule has 1 amide bonds. The average molecular weight is 336 g/mol. The number of aromatic nitrogens is 2. The summed E-state index contributed by atoms with van der Waals surface area (Å²) in [5, 5.41) is 11.8. The lowest BCUT2D eigenvalue weighted by Crippen LogP contribution is -2.30. The highest BCUT2D eigenvalue weighted by molar-refractivity contribution is 5.93. The maximum atomic E-state index is 12.0. The van der Waals surface area contributed by atoms with Gasteiger partial charge in [0.2, 0.25) is 5.91 Å². The average Bonchev–Trinajstić information content (AvgIpc) is 2.62. The quantitative estimate of drug-likeness (QED) is 0.921. The third-order valence-electron chi connectivity index (χ3n) is 5.25. The van der Waals surface area contributed by atoms with Gasteiger partial charge in [0, 0.05) is 30.3 Å².